The normalized spacial score (nSPS) is 13.2. The molecule has 0 heterocycles. The lowest BCUT2D eigenvalue weighted by molar-refractivity contribution is 0.0970. The van der Waals surface area contributed by atoms with E-state index in [0.717, 1.165) is 0 Å². The molecule has 0 aromatic carbocycles. The van der Waals surface area contributed by atoms with Crippen molar-refractivity contribution in [3.63, 3.8) is 0 Å². The van der Waals surface area contributed by atoms with E-state index in [9.17, 15) is 0 Å². The molecule has 0 rings (SSSR count). The standard InChI is InChI=1S/C12H18O/c1-6-7-8-11(4)12(5)9-13-10(2)3/h1,7-8,10H,9H2,2-5H3/b8-7-,12-11+. The Balaban J connectivity index is 4.12. The molecule has 13 heavy (non-hydrogen) atoms. The summed E-state index contributed by atoms with van der Waals surface area (Å²) in [5, 5.41) is 0. The molecule has 1 nitrogen and oxygen atoms in total. The molecule has 0 aliphatic carbocycles. The molecule has 72 valence electrons. The third kappa shape index (κ3) is 6.19. The first-order valence-electron chi connectivity index (χ1n) is 4.48. The first-order valence-corrected chi connectivity index (χ1v) is 4.48. The number of terminal acetylenes is 1. The number of allylic oxidation sites excluding steroid dienone is 3. The van der Waals surface area contributed by atoms with Gasteiger partial charge in [0, 0.05) is 0 Å². The van der Waals surface area contributed by atoms with Gasteiger partial charge in [0.25, 0.3) is 0 Å². The number of hydrogen-bond donors (Lipinski definition) is 0. The van der Waals surface area contributed by atoms with Crippen molar-refractivity contribution >= 4 is 0 Å². The van der Waals surface area contributed by atoms with Gasteiger partial charge in [0.1, 0.15) is 0 Å². The highest BCUT2D eigenvalue weighted by Gasteiger charge is 1.96. The van der Waals surface area contributed by atoms with Crippen molar-refractivity contribution in [3.05, 3.63) is 23.3 Å². The second-order valence-corrected chi connectivity index (χ2v) is 3.32. The maximum Gasteiger partial charge on any atom is 0.0683 e. The smallest absolute Gasteiger partial charge is 0.0683 e. The molecule has 0 fully saturated rings. The summed E-state index contributed by atoms with van der Waals surface area (Å²) < 4.78 is 5.46. The van der Waals surface area contributed by atoms with E-state index in [0.29, 0.717) is 6.61 Å². The molecule has 1 heteroatoms. The molecule has 0 aliphatic heterocycles. The maximum absolute atomic E-state index is 5.46. The Hall–Kier alpha value is -1.00. The highest BCUT2D eigenvalue weighted by atomic mass is 16.5. The van der Waals surface area contributed by atoms with Gasteiger partial charge in [-0.05, 0) is 44.9 Å². The van der Waals surface area contributed by atoms with Crippen LogP contribution in [0.4, 0.5) is 0 Å². The molecule has 0 radical (unpaired) electrons. The zero-order chi connectivity index (χ0) is 10.3. The molecular weight excluding hydrogens is 160 g/mol. The lowest BCUT2D eigenvalue weighted by Gasteiger charge is -2.08. The van der Waals surface area contributed by atoms with Crippen LogP contribution in [0, 0.1) is 12.3 Å². The van der Waals surface area contributed by atoms with Crippen molar-refractivity contribution in [3.8, 4) is 12.3 Å². The van der Waals surface area contributed by atoms with E-state index in [4.69, 9.17) is 11.2 Å². The molecule has 0 aliphatic rings. The van der Waals surface area contributed by atoms with Crippen LogP contribution in [0.25, 0.3) is 0 Å². The average molecular weight is 178 g/mol. The van der Waals surface area contributed by atoms with Crippen molar-refractivity contribution in [2.24, 2.45) is 0 Å². The van der Waals surface area contributed by atoms with Crippen LogP contribution in [0.1, 0.15) is 27.7 Å². The lowest BCUT2D eigenvalue weighted by Crippen LogP contribution is -2.05. The van der Waals surface area contributed by atoms with Crippen LogP contribution in [0.3, 0.4) is 0 Å². The van der Waals surface area contributed by atoms with Crippen LogP contribution < -0.4 is 0 Å². The molecule has 0 atom stereocenters. The molecule has 0 spiro atoms. The fraction of sp³-hybridized carbons (Fsp3) is 0.500. The molecular formula is C12H18O. The van der Waals surface area contributed by atoms with Crippen LogP contribution in [0.15, 0.2) is 23.3 Å². The summed E-state index contributed by atoms with van der Waals surface area (Å²) in [6.45, 7) is 8.82. The molecule has 0 N–H and O–H groups in total. The van der Waals surface area contributed by atoms with E-state index >= 15 is 0 Å². The predicted octanol–water partition coefficient (Wildman–Crippen LogP) is 2.94. The maximum atomic E-state index is 5.46. The van der Waals surface area contributed by atoms with E-state index in [-0.39, 0.29) is 6.10 Å². The van der Waals surface area contributed by atoms with E-state index in [2.05, 4.69) is 12.8 Å². The van der Waals surface area contributed by atoms with Gasteiger partial charge in [0.2, 0.25) is 0 Å². The fourth-order valence-corrected chi connectivity index (χ4v) is 0.721. The molecule has 0 amide bonds. The van der Waals surface area contributed by atoms with Gasteiger partial charge in [-0.3, -0.25) is 0 Å². The molecule has 0 aromatic rings. The van der Waals surface area contributed by atoms with Gasteiger partial charge in [0.05, 0.1) is 12.7 Å². The highest BCUT2D eigenvalue weighted by molar-refractivity contribution is 5.27. The summed E-state index contributed by atoms with van der Waals surface area (Å²) in [6, 6.07) is 0. The van der Waals surface area contributed by atoms with Crippen LogP contribution in [0.2, 0.25) is 0 Å². The summed E-state index contributed by atoms with van der Waals surface area (Å²) in [7, 11) is 0. The van der Waals surface area contributed by atoms with Gasteiger partial charge in [-0.2, -0.15) is 0 Å². The molecule has 0 aromatic heterocycles. The average Bonchev–Trinajstić information content (AvgIpc) is 2.10. The Morgan fingerprint density at radius 1 is 1.46 bits per heavy atom. The Kier molecular flexibility index (Phi) is 6.01. The molecule has 0 saturated carbocycles. The van der Waals surface area contributed by atoms with Crippen LogP contribution >= 0.6 is 0 Å². The van der Waals surface area contributed by atoms with Gasteiger partial charge >= 0.3 is 0 Å². The van der Waals surface area contributed by atoms with Gasteiger partial charge in [-0.1, -0.05) is 12.0 Å². The predicted molar refractivity (Wildman–Crippen MR) is 57.4 cm³/mol. The zero-order valence-electron chi connectivity index (χ0n) is 8.92. The minimum absolute atomic E-state index is 0.277. The van der Waals surface area contributed by atoms with E-state index in [1.54, 1.807) is 6.08 Å². The Morgan fingerprint density at radius 2 is 2.08 bits per heavy atom. The van der Waals surface area contributed by atoms with Gasteiger partial charge in [-0.15, -0.1) is 6.42 Å². The van der Waals surface area contributed by atoms with Crippen molar-refractivity contribution in [1.29, 1.82) is 0 Å². The summed E-state index contributed by atoms with van der Waals surface area (Å²) in [4.78, 5) is 0. The van der Waals surface area contributed by atoms with Gasteiger partial charge in [0.15, 0.2) is 0 Å². The summed E-state index contributed by atoms with van der Waals surface area (Å²) in [6.07, 6.45) is 9.02. The van der Waals surface area contributed by atoms with Crippen LogP contribution in [-0.4, -0.2) is 12.7 Å². The van der Waals surface area contributed by atoms with E-state index in [1.807, 2.05) is 26.8 Å². The van der Waals surface area contributed by atoms with E-state index < -0.39 is 0 Å². The zero-order valence-corrected chi connectivity index (χ0v) is 8.92. The number of rotatable bonds is 4. The Morgan fingerprint density at radius 3 is 2.54 bits per heavy atom. The van der Waals surface area contributed by atoms with E-state index in [1.165, 1.54) is 11.1 Å². The molecule has 0 saturated heterocycles. The largest absolute Gasteiger partial charge is 0.374 e. The summed E-state index contributed by atoms with van der Waals surface area (Å²) in [5.41, 5.74) is 2.40. The van der Waals surface area contributed by atoms with Gasteiger partial charge in [-0.25, -0.2) is 0 Å². The molecule has 0 bridgehead atoms. The van der Waals surface area contributed by atoms with Crippen molar-refractivity contribution < 1.29 is 4.74 Å². The van der Waals surface area contributed by atoms with Crippen LogP contribution in [0.5, 0.6) is 0 Å². The fourth-order valence-electron chi connectivity index (χ4n) is 0.721. The van der Waals surface area contributed by atoms with Crippen molar-refractivity contribution in [1.82, 2.24) is 0 Å². The SMILES string of the molecule is C#C/C=C\C(C)=C(/C)COC(C)C. The Bertz CT molecular complexity index is 238. The lowest BCUT2D eigenvalue weighted by atomic mass is 10.1. The first kappa shape index (κ1) is 12.0. The monoisotopic (exact) mass is 178 g/mol. The minimum atomic E-state index is 0.277. The number of hydrogen-bond acceptors (Lipinski definition) is 1. The topological polar surface area (TPSA) is 9.23 Å². The second kappa shape index (κ2) is 6.51. The first-order chi connectivity index (χ1) is 6.07. The van der Waals surface area contributed by atoms with Crippen molar-refractivity contribution in [2.45, 2.75) is 33.8 Å². The minimum Gasteiger partial charge on any atom is -0.374 e. The highest BCUT2D eigenvalue weighted by Crippen LogP contribution is 2.06. The van der Waals surface area contributed by atoms with Crippen LogP contribution in [-0.2, 0) is 4.74 Å². The van der Waals surface area contributed by atoms with Crippen molar-refractivity contribution in [2.75, 3.05) is 6.61 Å². The third-order valence-electron chi connectivity index (χ3n) is 1.74. The second-order valence-electron chi connectivity index (χ2n) is 3.32. The number of ether oxygens (including phenoxy) is 1. The summed E-state index contributed by atoms with van der Waals surface area (Å²) >= 11 is 0. The quantitative estimate of drug-likeness (QED) is 0.475. The third-order valence-corrected chi connectivity index (χ3v) is 1.74. The Labute approximate surface area is 81.5 Å². The summed E-state index contributed by atoms with van der Waals surface area (Å²) in [5.74, 6) is 2.46. The van der Waals surface area contributed by atoms with Gasteiger partial charge < -0.3 is 4.74 Å². The molecule has 0 unspecified atom stereocenters.